The largest absolute Gasteiger partial charge is 0.502 e. The van der Waals surface area contributed by atoms with Gasteiger partial charge in [-0.3, -0.25) is 4.90 Å². The van der Waals surface area contributed by atoms with Crippen molar-refractivity contribution in [2.75, 3.05) is 27.3 Å². The van der Waals surface area contributed by atoms with E-state index >= 15 is 0 Å². The third-order valence-corrected chi connectivity index (χ3v) is 4.61. The lowest BCUT2D eigenvalue weighted by molar-refractivity contribution is 0.268. The Morgan fingerprint density at radius 3 is 2.36 bits per heavy atom. The van der Waals surface area contributed by atoms with Gasteiger partial charge in [0.15, 0.2) is 11.5 Å². The Kier molecular flexibility index (Phi) is 5.13. The van der Waals surface area contributed by atoms with Gasteiger partial charge in [0, 0.05) is 38.5 Å². The van der Waals surface area contributed by atoms with E-state index in [0.717, 1.165) is 49.8 Å². The number of phenols is 1. The maximum absolute atomic E-state index is 10.1. The van der Waals surface area contributed by atoms with Gasteiger partial charge in [0.1, 0.15) is 11.6 Å². The minimum absolute atomic E-state index is 0.0393. The predicted molar refractivity (Wildman–Crippen MR) is 94.3 cm³/mol. The van der Waals surface area contributed by atoms with Crippen LogP contribution in [0, 0.1) is 0 Å². The average Bonchev–Trinajstić information content (AvgIpc) is 2.92. The van der Waals surface area contributed by atoms with E-state index in [9.17, 15) is 5.11 Å². The van der Waals surface area contributed by atoms with Gasteiger partial charge in [-0.2, -0.15) is 0 Å². The highest BCUT2D eigenvalue weighted by Gasteiger charge is 2.21. The van der Waals surface area contributed by atoms with E-state index in [4.69, 9.17) is 9.47 Å². The van der Waals surface area contributed by atoms with Crippen LogP contribution in [-0.4, -0.2) is 52.1 Å². The quantitative estimate of drug-likeness (QED) is 0.895. The summed E-state index contributed by atoms with van der Waals surface area (Å²) in [7, 11) is 3.09. The van der Waals surface area contributed by atoms with Crippen LogP contribution in [0.5, 0.6) is 17.2 Å². The molecule has 0 unspecified atom stereocenters. The first-order valence-corrected chi connectivity index (χ1v) is 8.61. The second-order valence-corrected chi connectivity index (χ2v) is 6.66. The van der Waals surface area contributed by atoms with E-state index in [0.29, 0.717) is 17.4 Å². The van der Waals surface area contributed by atoms with Crippen molar-refractivity contribution < 1.29 is 14.6 Å². The van der Waals surface area contributed by atoms with E-state index in [2.05, 4.69) is 33.5 Å². The molecule has 0 spiro atoms. The molecule has 136 valence electrons. The molecule has 2 heterocycles. The Bertz CT molecular complexity index is 717. The van der Waals surface area contributed by atoms with Crippen molar-refractivity contribution in [3.8, 4) is 17.2 Å². The van der Waals surface area contributed by atoms with Crippen molar-refractivity contribution in [3.05, 3.63) is 29.3 Å². The fourth-order valence-electron chi connectivity index (χ4n) is 3.27. The normalized spacial score (nSPS) is 15.1. The highest BCUT2D eigenvalue weighted by atomic mass is 16.5. The molecule has 3 rings (SSSR count). The minimum atomic E-state index is 0.0393. The fourth-order valence-corrected chi connectivity index (χ4v) is 3.27. The molecule has 7 nitrogen and oxygen atoms in total. The summed E-state index contributed by atoms with van der Waals surface area (Å²) < 4.78 is 12.8. The van der Waals surface area contributed by atoms with Crippen molar-refractivity contribution in [2.45, 2.75) is 39.3 Å². The molecule has 0 atom stereocenters. The van der Waals surface area contributed by atoms with Crippen molar-refractivity contribution in [3.63, 3.8) is 0 Å². The number of benzene rings is 1. The molecule has 2 aromatic rings. The van der Waals surface area contributed by atoms with Gasteiger partial charge in [0.2, 0.25) is 5.75 Å². The first-order valence-electron chi connectivity index (χ1n) is 8.61. The molecular formula is C18H26N4O3. The van der Waals surface area contributed by atoms with Crippen molar-refractivity contribution in [1.82, 2.24) is 19.7 Å². The third kappa shape index (κ3) is 3.56. The molecule has 0 fully saturated rings. The Balaban J connectivity index is 1.75. The smallest absolute Gasteiger partial charge is 0.200 e. The van der Waals surface area contributed by atoms with Gasteiger partial charge in [-0.15, -0.1) is 10.2 Å². The molecule has 1 N–H and O–H groups in total. The lowest BCUT2D eigenvalue weighted by atomic mass is 10.1. The lowest BCUT2D eigenvalue weighted by Crippen LogP contribution is -2.26. The van der Waals surface area contributed by atoms with Crippen molar-refractivity contribution in [2.24, 2.45) is 0 Å². The maximum Gasteiger partial charge on any atom is 0.200 e. The van der Waals surface area contributed by atoms with Gasteiger partial charge in [-0.05, 0) is 17.7 Å². The Morgan fingerprint density at radius 1 is 1.08 bits per heavy atom. The molecule has 0 radical (unpaired) electrons. The van der Waals surface area contributed by atoms with E-state index < -0.39 is 0 Å². The molecule has 1 aliphatic rings. The standard InChI is InChI=1S/C18H26N4O3/c1-12(2)18-20-19-16-5-6-21(7-8-22(16)18)11-13-9-14(24-3)17(23)15(10-13)25-4/h9-10,12,23H,5-8,11H2,1-4H3. The van der Waals surface area contributed by atoms with Gasteiger partial charge in [0.05, 0.1) is 14.2 Å². The number of aromatic hydroxyl groups is 1. The number of hydrogen-bond acceptors (Lipinski definition) is 6. The van der Waals surface area contributed by atoms with Crippen molar-refractivity contribution in [1.29, 1.82) is 0 Å². The SMILES string of the molecule is COc1cc(CN2CCc3nnc(C(C)C)n3CC2)cc(OC)c1O. The molecule has 1 aromatic heterocycles. The first kappa shape index (κ1) is 17.5. The molecule has 0 saturated carbocycles. The van der Waals surface area contributed by atoms with Crippen LogP contribution < -0.4 is 9.47 Å². The summed E-state index contributed by atoms with van der Waals surface area (Å²) in [6.45, 7) is 7.80. The van der Waals surface area contributed by atoms with Crippen LogP contribution in [-0.2, 0) is 19.5 Å². The minimum Gasteiger partial charge on any atom is -0.502 e. The van der Waals surface area contributed by atoms with Crippen LogP contribution in [0.2, 0.25) is 0 Å². The third-order valence-electron chi connectivity index (χ3n) is 4.61. The molecular weight excluding hydrogens is 320 g/mol. The summed E-state index contributed by atoms with van der Waals surface area (Å²) in [5.41, 5.74) is 1.05. The van der Waals surface area contributed by atoms with E-state index in [1.165, 1.54) is 0 Å². The van der Waals surface area contributed by atoms with Crippen LogP contribution in [0.1, 0.15) is 37.0 Å². The fraction of sp³-hybridized carbons (Fsp3) is 0.556. The zero-order valence-corrected chi connectivity index (χ0v) is 15.3. The van der Waals surface area contributed by atoms with Gasteiger partial charge in [0.25, 0.3) is 0 Å². The average molecular weight is 346 g/mol. The Labute approximate surface area is 148 Å². The van der Waals surface area contributed by atoms with Gasteiger partial charge in [-0.1, -0.05) is 13.8 Å². The second-order valence-electron chi connectivity index (χ2n) is 6.66. The van der Waals surface area contributed by atoms with Crippen LogP contribution in [0.25, 0.3) is 0 Å². The van der Waals surface area contributed by atoms with Crippen LogP contribution in [0.3, 0.4) is 0 Å². The number of methoxy groups -OCH3 is 2. The Morgan fingerprint density at radius 2 is 1.76 bits per heavy atom. The highest BCUT2D eigenvalue weighted by Crippen LogP contribution is 2.37. The van der Waals surface area contributed by atoms with Gasteiger partial charge < -0.3 is 19.1 Å². The Hall–Kier alpha value is -2.28. The number of hydrogen-bond donors (Lipinski definition) is 1. The van der Waals surface area contributed by atoms with Crippen LogP contribution in [0.15, 0.2) is 12.1 Å². The van der Waals surface area contributed by atoms with Crippen LogP contribution >= 0.6 is 0 Å². The number of aromatic nitrogens is 3. The van der Waals surface area contributed by atoms with E-state index in [-0.39, 0.29) is 5.75 Å². The summed E-state index contributed by atoms with van der Waals surface area (Å²) in [4.78, 5) is 2.38. The monoisotopic (exact) mass is 346 g/mol. The zero-order valence-electron chi connectivity index (χ0n) is 15.3. The summed E-state index contributed by atoms with van der Waals surface area (Å²) in [5, 5.41) is 18.8. The van der Waals surface area contributed by atoms with Gasteiger partial charge in [-0.25, -0.2) is 0 Å². The first-order chi connectivity index (χ1) is 12.0. The molecule has 0 aliphatic carbocycles. The van der Waals surface area contributed by atoms with E-state index in [1.807, 2.05) is 12.1 Å². The summed E-state index contributed by atoms with van der Waals surface area (Å²) >= 11 is 0. The summed E-state index contributed by atoms with van der Waals surface area (Å²) in [6.07, 6.45) is 0.881. The molecule has 1 aliphatic heterocycles. The number of phenolic OH excluding ortho intramolecular Hbond substituents is 1. The van der Waals surface area contributed by atoms with Crippen molar-refractivity contribution >= 4 is 0 Å². The molecule has 25 heavy (non-hydrogen) atoms. The lowest BCUT2D eigenvalue weighted by Gasteiger charge is -2.21. The highest BCUT2D eigenvalue weighted by molar-refractivity contribution is 5.52. The van der Waals surface area contributed by atoms with Gasteiger partial charge >= 0.3 is 0 Å². The number of ether oxygens (including phenoxy) is 2. The van der Waals surface area contributed by atoms with E-state index in [1.54, 1.807) is 14.2 Å². The molecule has 7 heteroatoms. The number of fused-ring (bicyclic) bond motifs is 1. The summed E-state index contributed by atoms with van der Waals surface area (Å²) in [6, 6.07) is 3.73. The topological polar surface area (TPSA) is 72.6 Å². The molecule has 0 amide bonds. The molecule has 1 aromatic carbocycles. The molecule has 0 bridgehead atoms. The molecule has 0 saturated heterocycles. The van der Waals surface area contributed by atoms with Crippen LogP contribution in [0.4, 0.5) is 0 Å². The zero-order chi connectivity index (χ0) is 18.0. The maximum atomic E-state index is 10.1. The number of rotatable bonds is 5. The summed E-state index contributed by atoms with van der Waals surface area (Å²) in [5.74, 6) is 3.40. The number of nitrogens with zero attached hydrogens (tertiary/aromatic N) is 4. The second kappa shape index (κ2) is 7.31. The predicted octanol–water partition coefficient (Wildman–Crippen LogP) is 2.18.